The molecule has 0 saturated carbocycles. The van der Waals surface area contributed by atoms with Crippen molar-refractivity contribution in [3.63, 3.8) is 0 Å². The van der Waals surface area contributed by atoms with Crippen LogP contribution in [-0.2, 0) is 14.8 Å². The smallest absolute Gasteiger partial charge is 0.242 e. The van der Waals surface area contributed by atoms with Gasteiger partial charge in [-0.15, -0.1) is 0 Å². The molecule has 29 heavy (non-hydrogen) atoms. The number of carbonyl (C=O) groups is 1. The standard InChI is InChI=1S/C21H26N2O5S/c1-13(2)20(21(24)22-17-11-14(3)5-6-15(17)4)23-29(25,26)16-7-8-18-19(12-16)28-10-9-27-18/h5-8,11-13,20,23H,9-10H2,1-4H3,(H,22,24)/t20-/m1/s1. The lowest BCUT2D eigenvalue weighted by Gasteiger charge is -2.23. The van der Waals surface area contributed by atoms with E-state index >= 15 is 0 Å². The highest BCUT2D eigenvalue weighted by Crippen LogP contribution is 2.32. The van der Waals surface area contributed by atoms with Crippen LogP contribution >= 0.6 is 0 Å². The fraction of sp³-hybridized carbons (Fsp3) is 0.381. The molecule has 3 rings (SSSR count). The first-order chi connectivity index (χ1) is 13.7. The van der Waals surface area contributed by atoms with Crippen LogP contribution in [0.3, 0.4) is 0 Å². The number of nitrogens with one attached hydrogen (secondary N) is 2. The highest BCUT2D eigenvalue weighted by molar-refractivity contribution is 7.89. The number of anilines is 1. The number of sulfonamides is 1. The van der Waals surface area contributed by atoms with Gasteiger partial charge in [-0.05, 0) is 49.1 Å². The van der Waals surface area contributed by atoms with Gasteiger partial charge in [0.1, 0.15) is 19.3 Å². The fourth-order valence-corrected chi connectivity index (χ4v) is 4.36. The summed E-state index contributed by atoms with van der Waals surface area (Å²) in [7, 11) is -3.94. The number of rotatable bonds is 6. The minimum absolute atomic E-state index is 0.0203. The third-order valence-corrected chi connectivity index (χ3v) is 6.14. The summed E-state index contributed by atoms with van der Waals surface area (Å²) < 4.78 is 39.3. The molecule has 1 aliphatic rings. The molecule has 156 valence electrons. The summed E-state index contributed by atoms with van der Waals surface area (Å²) in [5, 5.41) is 2.85. The monoisotopic (exact) mass is 418 g/mol. The lowest BCUT2D eigenvalue weighted by Crippen LogP contribution is -2.47. The Morgan fingerprint density at radius 3 is 2.38 bits per heavy atom. The number of aryl methyl sites for hydroxylation is 2. The maximum Gasteiger partial charge on any atom is 0.242 e. The lowest BCUT2D eigenvalue weighted by molar-refractivity contribution is -0.118. The molecule has 1 aliphatic heterocycles. The van der Waals surface area contributed by atoms with Gasteiger partial charge in [0.25, 0.3) is 0 Å². The van der Waals surface area contributed by atoms with E-state index in [4.69, 9.17) is 9.47 Å². The van der Waals surface area contributed by atoms with Crippen molar-refractivity contribution in [2.45, 2.75) is 38.6 Å². The molecule has 7 nitrogen and oxygen atoms in total. The average Bonchev–Trinajstić information content (AvgIpc) is 2.68. The molecule has 0 spiro atoms. The van der Waals surface area contributed by atoms with Crippen molar-refractivity contribution in [3.8, 4) is 11.5 Å². The summed E-state index contributed by atoms with van der Waals surface area (Å²) in [6, 6.07) is 9.20. The summed E-state index contributed by atoms with van der Waals surface area (Å²) in [5.41, 5.74) is 2.57. The van der Waals surface area contributed by atoms with Crippen molar-refractivity contribution in [1.29, 1.82) is 0 Å². The van der Waals surface area contributed by atoms with E-state index in [0.29, 0.717) is 30.4 Å². The first-order valence-electron chi connectivity index (χ1n) is 9.47. The number of hydrogen-bond acceptors (Lipinski definition) is 5. The normalized spacial score (nSPS) is 14.5. The molecule has 8 heteroatoms. The van der Waals surface area contributed by atoms with Crippen molar-refractivity contribution < 1.29 is 22.7 Å². The van der Waals surface area contributed by atoms with Crippen LogP contribution in [0.2, 0.25) is 0 Å². The van der Waals surface area contributed by atoms with Crippen molar-refractivity contribution in [2.75, 3.05) is 18.5 Å². The molecule has 2 aromatic rings. The first kappa shape index (κ1) is 21.1. The zero-order valence-electron chi connectivity index (χ0n) is 17.0. The summed E-state index contributed by atoms with van der Waals surface area (Å²) in [5.74, 6) is 0.213. The predicted octanol–water partition coefficient (Wildman–Crippen LogP) is 3.02. The minimum atomic E-state index is -3.94. The zero-order valence-corrected chi connectivity index (χ0v) is 17.8. The average molecular weight is 419 g/mol. The molecule has 0 aromatic heterocycles. The van der Waals surface area contributed by atoms with E-state index in [1.165, 1.54) is 12.1 Å². The van der Waals surface area contributed by atoms with Gasteiger partial charge in [0, 0.05) is 11.8 Å². The fourth-order valence-electron chi connectivity index (χ4n) is 3.00. The molecule has 1 atom stereocenters. The van der Waals surface area contributed by atoms with E-state index < -0.39 is 22.0 Å². The van der Waals surface area contributed by atoms with Crippen LogP contribution < -0.4 is 19.5 Å². The molecule has 2 N–H and O–H groups in total. The maximum atomic E-state index is 12.9. The quantitative estimate of drug-likeness (QED) is 0.752. The van der Waals surface area contributed by atoms with Gasteiger partial charge in [-0.2, -0.15) is 4.72 Å². The summed E-state index contributed by atoms with van der Waals surface area (Å²) in [4.78, 5) is 12.9. The van der Waals surface area contributed by atoms with Gasteiger partial charge in [0.15, 0.2) is 11.5 Å². The maximum absolute atomic E-state index is 12.9. The highest BCUT2D eigenvalue weighted by Gasteiger charge is 2.29. The topological polar surface area (TPSA) is 93.7 Å². The second-order valence-corrected chi connectivity index (χ2v) is 9.17. The van der Waals surface area contributed by atoms with E-state index in [1.54, 1.807) is 19.9 Å². The molecule has 0 bridgehead atoms. The van der Waals surface area contributed by atoms with Gasteiger partial charge in [-0.25, -0.2) is 8.42 Å². The van der Waals surface area contributed by atoms with Crippen LogP contribution in [0.1, 0.15) is 25.0 Å². The molecule has 1 amide bonds. The SMILES string of the molecule is Cc1ccc(C)c(NC(=O)[C@H](NS(=O)(=O)c2ccc3c(c2)OCCO3)C(C)C)c1. The van der Waals surface area contributed by atoms with Gasteiger partial charge in [-0.1, -0.05) is 26.0 Å². The number of amides is 1. The van der Waals surface area contributed by atoms with Crippen LogP contribution in [0.4, 0.5) is 5.69 Å². The first-order valence-corrected chi connectivity index (χ1v) is 11.0. The number of hydrogen-bond donors (Lipinski definition) is 2. The van der Waals surface area contributed by atoms with Crippen LogP contribution in [0.25, 0.3) is 0 Å². The number of fused-ring (bicyclic) bond motifs is 1. The van der Waals surface area contributed by atoms with Crippen LogP contribution in [0.15, 0.2) is 41.3 Å². The highest BCUT2D eigenvalue weighted by atomic mass is 32.2. The van der Waals surface area contributed by atoms with Crippen molar-refractivity contribution in [1.82, 2.24) is 4.72 Å². The molecule has 0 unspecified atom stereocenters. The van der Waals surface area contributed by atoms with Crippen molar-refractivity contribution in [3.05, 3.63) is 47.5 Å². The summed E-state index contributed by atoms with van der Waals surface area (Å²) in [6.07, 6.45) is 0. The van der Waals surface area contributed by atoms with E-state index in [9.17, 15) is 13.2 Å². The van der Waals surface area contributed by atoms with Gasteiger partial charge < -0.3 is 14.8 Å². The molecule has 2 aromatic carbocycles. The number of carbonyl (C=O) groups excluding carboxylic acids is 1. The molecule has 0 fully saturated rings. The van der Waals surface area contributed by atoms with E-state index in [0.717, 1.165) is 11.1 Å². The molecule has 0 aliphatic carbocycles. The van der Waals surface area contributed by atoms with E-state index in [-0.39, 0.29) is 10.8 Å². The number of ether oxygens (including phenoxy) is 2. The third kappa shape index (κ3) is 4.89. The van der Waals surface area contributed by atoms with Gasteiger partial charge in [-0.3, -0.25) is 4.79 Å². The van der Waals surface area contributed by atoms with Gasteiger partial charge >= 0.3 is 0 Å². The van der Waals surface area contributed by atoms with Crippen molar-refractivity contribution >= 4 is 21.6 Å². The Bertz CT molecular complexity index is 1020. The van der Waals surface area contributed by atoms with Crippen molar-refractivity contribution in [2.24, 2.45) is 5.92 Å². The van der Waals surface area contributed by atoms with Crippen LogP contribution in [0, 0.1) is 19.8 Å². The second kappa shape index (κ2) is 8.42. The Hall–Kier alpha value is -2.58. The largest absolute Gasteiger partial charge is 0.486 e. The summed E-state index contributed by atoms with van der Waals surface area (Å²) in [6.45, 7) is 8.18. The second-order valence-electron chi connectivity index (χ2n) is 7.46. The predicted molar refractivity (Wildman–Crippen MR) is 111 cm³/mol. The Morgan fingerprint density at radius 1 is 1.00 bits per heavy atom. The molecular weight excluding hydrogens is 392 g/mol. The Kier molecular flexibility index (Phi) is 6.14. The molecule has 0 radical (unpaired) electrons. The Morgan fingerprint density at radius 2 is 1.69 bits per heavy atom. The van der Waals surface area contributed by atoms with Crippen LogP contribution in [-0.4, -0.2) is 33.6 Å². The third-order valence-electron chi connectivity index (χ3n) is 4.71. The molecule has 0 saturated heterocycles. The lowest BCUT2D eigenvalue weighted by atomic mass is 10.0. The van der Waals surface area contributed by atoms with Crippen LogP contribution in [0.5, 0.6) is 11.5 Å². The Labute approximate surface area is 171 Å². The summed E-state index contributed by atoms with van der Waals surface area (Å²) >= 11 is 0. The molecule has 1 heterocycles. The zero-order chi connectivity index (χ0) is 21.2. The van der Waals surface area contributed by atoms with Gasteiger partial charge in [0.2, 0.25) is 15.9 Å². The van der Waals surface area contributed by atoms with E-state index in [1.807, 2.05) is 32.0 Å². The number of benzene rings is 2. The molecular formula is C21H26N2O5S. The minimum Gasteiger partial charge on any atom is -0.486 e. The van der Waals surface area contributed by atoms with E-state index in [2.05, 4.69) is 10.0 Å². The van der Waals surface area contributed by atoms with Gasteiger partial charge in [0.05, 0.1) is 4.90 Å². The Balaban J connectivity index is 1.82.